The molecule has 0 amide bonds. The molecule has 0 saturated heterocycles. The summed E-state index contributed by atoms with van der Waals surface area (Å²) in [4.78, 5) is 0. The van der Waals surface area contributed by atoms with Gasteiger partial charge < -0.3 is 13.3 Å². The third kappa shape index (κ3) is 5.92. The van der Waals surface area contributed by atoms with Crippen molar-refractivity contribution in [2.45, 2.75) is 33.2 Å². The van der Waals surface area contributed by atoms with Gasteiger partial charge in [-0.3, -0.25) is 0 Å². The minimum Gasteiger partial charge on any atom is -0.374 e. The lowest BCUT2D eigenvalue weighted by molar-refractivity contribution is 0.0716. The van der Waals surface area contributed by atoms with Gasteiger partial charge in [0.15, 0.2) is 0 Å². The number of rotatable bonds is 11. The van der Waals surface area contributed by atoms with E-state index in [1.807, 2.05) is 32.9 Å². The highest BCUT2D eigenvalue weighted by atomic mass is 28.4. The zero-order chi connectivity index (χ0) is 18.7. The number of allylic oxidation sites excluding steroid dienone is 1. The molecule has 0 aliphatic rings. The van der Waals surface area contributed by atoms with Crippen LogP contribution < -0.4 is 0 Å². The molecular weight excluding hydrogens is 340 g/mol. The molecule has 0 unspecified atom stereocenters. The van der Waals surface area contributed by atoms with E-state index < -0.39 is 8.80 Å². The first-order valence-corrected chi connectivity index (χ1v) is 11.4. The molecule has 0 radical (unpaired) electrons. The third-order valence-corrected chi connectivity index (χ3v) is 7.15. The molecule has 4 heteroatoms. The van der Waals surface area contributed by atoms with Crippen molar-refractivity contribution in [1.29, 1.82) is 0 Å². The van der Waals surface area contributed by atoms with Crippen molar-refractivity contribution in [3.63, 3.8) is 0 Å². The maximum Gasteiger partial charge on any atom is 0.501 e. The van der Waals surface area contributed by atoms with E-state index in [9.17, 15) is 0 Å². The summed E-state index contributed by atoms with van der Waals surface area (Å²) in [6, 6.07) is 21.8. The molecule has 0 fully saturated rings. The molecule has 0 heterocycles. The molecule has 0 spiro atoms. The smallest absolute Gasteiger partial charge is 0.374 e. The Hall–Kier alpha value is -1.72. The van der Waals surface area contributed by atoms with Crippen molar-refractivity contribution in [3.8, 4) is 0 Å². The summed E-state index contributed by atoms with van der Waals surface area (Å²) in [5, 5.41) is 0. The highest BCUT2D eigenvalue weighted by Gasteiger charge is 2.39. The molecule has 0 aliphatic carbocycles. The molecule has 2 aromatic rings. The zero-order valence-corrected chi connectivity index (χ0v) is 17.1. The average Bonchev–Trinajstić information content (AvgIpc) is 2.67. The SMILES string of the molecule is CCO[Si](CCC=C(c1ccccc1)c1ccccc1)(OCC)OCC. The quantitative estimate of drug-likeness (QED) is 0.485. The van der Waals surface area contributed by atoms with Crippen LogP contribution in [-0.4, -0.2) is 28.6 Å². The Morgan fingerprint density at radius 2 is 1.15 bits per heavy atom. The van der Waals surface area contributed by atoms with Crippen LogP contribution in [0.5, 0.6) is 0 Å². The van der Waals surface area contributed by atoms with E-state index in [-0.39, 0.29) is 0 Å². The summed E-state index contributed by atoms with van der Waals surface area (Å²) < 4.78 is 17.9. The van der Waals surface area contributed by atoms with E-state index in [4.69, 9.17) is 13.3 Å². The molecule has 2 rings (SSSR count). The Bertz CT molecular complexity index is 597. The largest absolute Gasteiger partial charge is 0.501 e. The van der Waals surface area contributed by atoms with Gasteiger partial charge in [0.1, 0.15) is 0 Å². The summed E-state index contributed by atoms with van der Waals surface area (Å²) in [6.45, 7) is 7.82. The number of hydrogen-bond donors (Lipinski definition) is 0. The summed E-state index contributed by atoms with van der Waals surface area (Å²) >= 11 is 0. The Labute approximate surface area is 159 Å². The number of hydrogen-bond acceptors (Lipinski definition) is 3. The second-order valence-corrected chi connectivity index (χ2v) is 8.60. The Morgan fingerprint density at radius 3 is 1.54 bits per heavy atom. The van der Waals surface area contributed by atoms with Gasteiger partial charge in [-0.1, -0.05) is 66.7 Å². The lowest BCUT2D eigenvalue weighted by Crippen LogP contribution is -2.45. The molecule has 0 aromatic heterocycles. The molecular formula is C22H30O3Si. The van der Waals surface area contributed by atoms with E-state index in [1.165, 1.54) is 16.7 Å². The Morgan fingerprint density at radius 1 is 0.731 bits per heavy atom. The summed E-state index contributed by atoms with van der Waals surface area (Å²) in [5.41, 5.74) is 3.67. The predicted octanol–water partition coefficient (Wildman–Crippen LogP) is 5.56. The Kier molecular flexibility index (Phi) is 8.78. The molecule has 0 saturated carbocycles. The van der Waals surface area contributed by atoms with Crippen LogP contribution in [0.4, 0.5) is 0 Å². The van der Waals surface area contributed by atoms with Gasteiger partial charge in [-0.15, -0.1) is 0 Å². The van der Waals surface area contributed by atoms with E-state index in [1.54, 1.807) is 0 Å². The predicted molar refractivity (Wildman–Crippen MR) is 110 cm³/mol. The van der Waals surface area contributed by atoms with Gasteiger partial charge in [-0.25, -0.2) is 0 Å². The third-order valence-electron chi connectivity index (χ3n) is 4.06. The minimum atomic E-state index is -2.61. The molecule has 26 heavy (non-hydrogen) atoms. The molecule has 0 bridgehead atoms. The summed E-state index contributed by atoms with van der Waals surface area (Å²) in [7, 11) is -2.61. The first kappa shape index (κ1) is 20.6. The fourth-order valence-corrected chi connectivity index (χ4v) is 5.53. The van der Waals surface area contributed by atoms with Crippen LogP contribution in [0.1, 0.15) is 38.3 Å². The monoisotopic (exact) mass is 370 g/mol. The second-order valence-electron chi connectivity index (χ2n) is 5.87. The first-order chi connectivity index (χ1) is 12.7. The van der Waals surface area contributed by atoms with Crippen molar-refractivity contribution >= 4 is 14.4 Å². The van der Waals surface area contributed by atoms with E-state index >= 15 is 0 Å². The molecule has 0 atom stereocenters. The van der Waals surface area contributed by atoms with E-state index in [0.717, 1.165) is 12.5 Å². The lowest BCUT2D eigenvalue weighted by Gasteiger charge is -2.28. The standard InChI is InChI=1S/C22H30O3Si/c1-4-23-26(24-5-2,25-6-3)19-13-18-22(20-14-9-7-10-15-20)21-16-11-8-12-17-21/h7-12,14-18H,4-6,13,19H2,1-3H3. The molecule has 0 aliphatic heterocycles. The molecule has 0 N–H and O–H groups in total. The van der Waals surface area contributed by atoms with Crippen LogP contribution in [0.3, 0.4) is 0 Å². The normalized spacial score (nSPS) is 11.3. The van der Waals surface area contributed by atoms with E-state index in [2.05, 4.69) is 54.6 Å². The topological polar surface area (TPSA) is 27.7 Å². The van der Waals surface area contributed by atoms with Crippen molar-refractivity contribution in [3.05, 3.63) is 77.9 Å². The van der Waals surface area contributed by atoms with Crippen LogP contribution in [-0.2, 0) is 13.3 Å². The fraction of sp³-hybridized carbons (Fsp3) is 0.364. The highest BCUT2D eigenvalue weighted by Crippen LogP contribution is 2.26. The van der Waals surface area contributed by atoms with E-state index in [0.29, 0.717) is 19.8 Å². The van der Waals surface area contributed by atoms with Crippen LogP contribution in [0.15, 0.2) is 66.7 Å². The van der Waals surface area contributed by atoms with Gasteiger partial charge in [0.25, 0.3) is 0 Å². The maximum absolute atomic E-state index is 5.97. The van der Waals surface area contributed by atoms with Crippen molar-refractivity contribution in [2.24, 2.45) is 0 Å². The van der Waals surface area contributed by atoms with Crippen molar-refractivity contribution in [2.75, 3.05) is 19.8 Å². The fourth-order valence-electron chi connectivity index (χ4n) is 3.03. The van der Waals surface area contributed by atoms with Gasteiger partial charge >= 0.3 is 8.80 Å². The van der Waals surface area contributed by atoms with Gasteiger partial charge in [0.2, 0.25) is 0 Å². The van der Waals surface area contributed by atoms with Crippen molar-refractivity contribution in [1.82, 2.24) is 0 Å². The van der Waals surface area contributed by atoms with Gasteiger partial charge in [0.05, 0.1) is 0 Å². The summed E-state index contributed by atoms with van der Waals surface area (Å²) in [6.07, 6.45) is 3.13. The van der Waals surface area contributed by atoms with Crippen molar-refractivity contribution < 1.29 is 13.3 Å². The molecule has 2 aromatic carbocycles. The van der Waals surface area contributed by atoms with Gasteiger partial charge in [0, 0.05) is 25.9 Å². The van der Waals surface area contributed by atoms with Crippen LogP contribution >= 0.6 is 0 Å². The van der Waals surface area contributed by atoms with Crippen LogP contribution in [0, 0.1) is 0 Å². The Balaban J connectivity index is 2.24. The first-order valence-electron chi connectivity index (χ1n) is 9.47. The average molecular weight is 371 g/mol. The van der Waals surface area contributed by atoms with Crippen LogP contribution in [0.2, 0.25) is 6.04 Å². The second kappa shape index (κ2) is 11.1. The van der Waals surface area contributed by atoms with Crippen LogP contribution in [0.25, 0.3) is 5.57 Å². The lowest BCUT2D eigenvalue weighted by atomic mass is 9.97. The van der Waals surface area contributed by atoms with Gasteiger partial charge in [-0.05, 0) is 43.9 Å². The zero-order valence-electron chi connectivity index (χ0n) is 16.1. The minimum absolute atomic E-state index is 0.611. The molecule has 140 valence electrons. The highest BCUT2D eigenvalue weighted by molar-refractivity contribution is 6.60. The van der Waals surface area contributed by atoms with Gasteiger partial charge in [-0.2, -0.15) is 0 Å². The molecule has 3 nitrogen and oxygen atoms in total. The summed E-state index contributed by atoms with van der Waals surface area (Å²) in [5.74, 6) is 0. The number of benzene rings is 2. The maximum atomic E-state index is 5.97.